The minimum Gasteiger partial charge on any atom is -0.338 e. The van der Waals surface area contributed by atoms with Gasteiger partial charge in [0.1, 0.15) is 17.8 Å². The van der Waals surface area contributed by atoms with Crippen LogP contribution < -0.4 is 10.6 Å². The van der Waals surface area contributed by atoms with E-state index < -0.39 is 17.5 Å². The number of rotatable bonds is 5. The maximum Gasteiger partial charge on any atom is 0.325 e. The molecule has 0 bridgehead atoms. The van der Waals surface area contributed by atoms with Crippen molar-refractivity contribution in [1.29, 1.82) is 0 Å². The molecule has 30 heavy (non-hydrogen) atoms. The molecule has 2 aromatic rings. The topological polar surface area (TPSA) is 105 Å². The number of carbonyl (C=O) groups is 3. The molecule has 4 amide bonds. The number of aromatic nitrogens is 1. The molecule has 2 heterocycles. The van der Waals surface area contributed by atoms with Crippen LogP contribution in [-0.4, -0.2) is 40.0 Å². The lowest BCUT2D eigenvalue weighted by Gasteiger charge is -2.36. The van der Waals surface area contributed by atoms with Gasteiger partial charge in [0.15, 0.2) is 0 Å². The summed E-state index contributed by atoms with van der Waals surface area (Å²) in [6.07, 6.45) is 4.37. The maximum absolute atomic E-state index is 13.0. The van der Waals surface area contributed by atoms with Gasteiger partial charge in [-0.2, -0.15) is 0 Å². The number of carbonyl (C=O) groups excluding carboxylic acids is 3. The molecule has 2 unspecified atom stereocenters. The van der Waals surface area contributed by atoms with Crippen LogP contribution in [-0.2, 0) is 16.0 Å². The molecule has 1 saturated carbocycles. The van der Waals surface area contributed by atoms with Gasteiger partial charge in [-0.3, -0.25) is 19.8 Å². The van der Waals surface area contributed by atoms with E-state index in [2.05, 4.69) is 22.7 Å². The van der Waals surface area contributed by atoms with Crippen molar-refractivity contribution >= 4 is 23.7 Å². The van der Waals surface area contributed by atoms with Crippen LogP contribution in [0.2, 0.25) is 0 Å². The van der Waals surface area contributed by atoms with Crippen LogP contribution in [0.1, 0.15) is 45.1 Å². The number of anilines is 1. The van der Waals surface area contributed by atoms with Crippen LogP contribution in [0.15, 0.2) is 34.9 Å². The molecular weight excluding hydrogens is 384 g/mol. The average Bonchev–Trinajstić information content (AvgIpc) is 3.29. The SMILES string of the molecule is CCc1ccc(-c2cc(NC(=O)CN3C(=O)NC4(CCCCC4C)C3=O)on2)cc1. The molecule has 1 spiro atoms. The van der Waals surface area contributed by atoms with E-state index in [0.717, 1.165) is 36.1 Å². The summed E-state index contributed by atoms with van der Waals surface area (Å²) in [5.74, 6) is -0.610. The summed E-state index contributed by atoms with van der Waals surface area (Å²) < 4.78 is 5.21. The van der Waals surface area contributed by atoms with Crippen molar-refractivity contribution in [2.75, 3.05) is 11.9 Å². The van der Waals surface area contributed by atoms with Crippen molar-refractivity contribution in [2.24, 2.45) is 5.92 Å². The number of nitrogens with one attached hydrogen (secondary N) is 2. The van der Waals surface area contributed by atoms with Crippen molar-refractivity contribution < 1.29 is 18.9 Å². The highest BCUT2D eigenvalue weighted by atomic mass is 16.5. The number of amides is 4. The minimum atomic E-state index is -0.875. The van der Waals surface area contributed by atoms with Gasteiger partial charge in [0.25, 0.3) is 5.91 Å². The Morgan fingerprint density at radius 1 is 1.30 bits per heavy atom. The summed E-state index contributed by atoms with van der Waals surface area (Å²) in [6.45, 7) is 3.70. The molecular formula is C22H26N4O4. The number of hydrogen-bond acceptors (Lipinski definition) is 5. The molecule has 0 radical (unpaired) electrons. The number of aryl methyl sites for hydroxylation is 1. The van der Waals surface area contributed by atoms with Gasteiger partial charge < -0.3 is 9.84 Å². The molecule has 4 rings (SSSR count). The first-order chi connectivity index (χ1) is 14.4. The van der Waals surface area contributed by atoms with Crippen molar-refractivity contribution in [3.05, 3.63) is 35.9 Å². The standard InChI is InChI=1S/C22H26N4O4/c1-3-15-7-9-16(10-8-15)17-12-19(30-25-17)23-18(27)13-26-20(28)22(24-21(26)29)11-5-4-6-14(22)2/h7-10,12,14H,3-6,11,13H2,1-2H3,(H,23,27)(H,24,29). The maximum atomic E-state index is 13.0. The first-order valence-electron chi connectivity index (χ1n) is 10.4. The average molecular weight is 410 g/mol. The second kappa shape index (κ2) is 7.93. The molecule has 2 atom stereocenters. The second-order valence-corrected chi connectivity index (χ2v) is 8.11. The van der Waals surface area contributed by atoms with E-state index in [9.17, 15) is 14.4 Å². The Bertz CT molecular complexity index is 968. The number of hydrogen-bond donors (Lipinski definition) is 2. The van der Waals surface area contributed by atoms with Gasteiger partial charge in [0.05, 0.1) is 0 Å². The molecule has 1 aromatic carbocycles. The first kappa shape index (κ1) is 20.1. The summed E-state index contributed by atoms with van der Waals surface area (Å²) in [5, 5.41) is 9.41. The third-order valence-corrected chi connectivity index (χ3v) is 6.23. The minimum absolute atomic E-state index is 0.0479. The molecule has 1 saturated heterocycles. The fourth-order valence-corrected chi connectivity index (χ4v) is 4.34. The summed E-state index contributed by atoms with van der Waals surface area (Å²) >= 11 is 0. The highest BCUT2D eigenvalue weighted by Crippen LogP contribution is 2.38. The number of imide groups is 1. The van der Waals surface area contributed by atoms with Gasteiger partial charge >= 0.3 is 6.03 Å². The monoisotopic (exact) mass is 410 g/mol. The van der Waals surface area contributed by atoms with E-state index in [0.29, 0.717) is 12.1 Å². The van der Waals surface area contributed by atoms with Gasteiger partial charge in [-0.1, -0.05) is 56.1 Å². The lowest BCUT2D eigenvalue weighted by atomic mass is 9.73. The first-order valence-corrected chi connectivity index (χ1v) is 10.4. The van der Waals surface area contributed by atoms with E-state index in [-0.39, 0.29) is 24.3 Å². The predicted molar refractivity (Wildman–Crippen MR) is 111 cm³/mol. The fraction of sp³-hybridized carbons (Fsp3) is 0.455. The Morgan fingerprint density at radius 2 is 2.07 bits per heavy atom. The van der Waals surface area contributed by atoms with Gasteiger partial charge in [-0.25, -0.2) is 4.79 Å². The molecule has 1 aliphatic carbocycles. The Hall–Kier alpha value is -3.16. The lowest BCUT2D eigenvalue weighted by molar-refractivity contribution is -0.136. The van der Waals surface area contributed by atoms with E-state index in [1.807, 2.05) is 31.2 Å². The van der Waals surface area contributed by atoms with Gasteiger partial charge in [0, 0.05) is 11.6 Å². The van der Waals surface area contributed by atoms with Crippen LogP contribution in [0, 0.1) is 5.92 Å². The van der Waals surface area contributed by atoms with Crippen molar-refractivity contribution in [2.45, 2.75) is 51.5 Å². The molecule has 158 valence electrons. The quantitative estimate of drug-likeness (QED) is 0.736. The summed E-state index contributed by atoms with van der Waals surface area (Å²) in [6, 6.07) is 9.03. The number of benzene rings is 1. The van der Waals surface area contributed by atoms with Crippen molar-refractivity contribution in [3.63, 3.8) is 0 Å². The van der Waals surface area contributed by atoms with E-state index in [4.69, 9.17) is 4.52 Å². The summed E-state index contributed by atoms with van der Waals surface area (Å²) in [5.41, 5.74) is 1.81. The zero-order valence-electron chi connectivity index (χ0n) is 17.2. The zero-order valence-corrected chi connectivity index (χ0v) is 17.2. The molecule has 2 N–H and O–H groups in total. The van der Waals surface area contributed by atoms with Gasteiger partial charge in [-0.15, -0.1) is 0 Å². The Balaban J connectivity index is 1.41. The van der Waals surface area contributed by atoms with E-state index >= 15 is 0 Å². The molecule has 8 nitrogen and oxygen atoms in total. The predicted octanol–water partition coefficient (Wildman–Crippen LogP) is 3.34. The molecule has 8 heteroatoms. The molecule has 1 aliphatic heterocycles. The Kier molecular flexibility index (Phi) is 5.32. The fourth-order valence-electron chi connectivity index (χ4n) is 4.34. The van der Waals surface area contributed by atoms with Gasteiger partial charge in [-0.05, 0) is 30.7 Å². The summed E-state index contributed by atoms with van der Waals surface area (Å²) in [7, 11) is 0. The third-order valence-electron chi connectivity index (χ3n) is 6.23. The zero-order chi connectivity index (χ0) is 21.3. The second-order valence-electron chi connectivity index (χ2n) is 8.11. The number of urea groups is 1. The third kappa shape index (κ3) is 3.58. The van der Waals surface area contributed by atoms with Crippen LogP contribution in [0.4, 0.5) is 10.7 Å². The van der Waals surface area contributed by atoms with Crippen LogP contribution >= 0.6 is 0 Å². The Labute approximate surface area is 175 Å². The van der Waals surface area contributed by atoms with Crippen molar-refractivity contribution in [1.82, 2.24) is 15.4 Å². The number of nitrogens with zero attached hydrogens (tertiary/aromatic N) is 2. The van der Waals surface area contributed by atoms with Crippen molar-refractivity contribution in [3.8, 4) is 11.3 Å². The highest BCUT2D eigenvalue weighted by Gasteiger charge is 2.55. The normalized spacial score (nSPS) is 23.7. The van der Waals surface area contributed by atoms with Gasteiger partial charge in [0.2, 0.25) is 11.8 Å². The summed E-state index contributed by atoms with van der Waals surface area (Å²) in [4.78, 5) is 38.8. The molecule has 2 fully saturated rings. The highest BCUT2D eigenvalue weighted by molar-refractivity contribution is 6.10. The van der Waals surface area contributed by atoms with Crippen LogP contribution in [0.25, 0.3) is 11.3 Å². The Morgan fingerprint density at radius 3 is 2.77 bits per heavy atom. The van der Waals surface area contributed by atoms with E-state index in [1.165, 1.54) is 5.56 Å². The largest absolute Gasteiger partial charge is 0.338 e. The molecule has 1 aromatic heterocycles. The smallest absolute Gasteiger partial charge is 0.325 e. The van der Waals surface area contributed by atoms with Crippen LogP contribution in [0.5, 0.6) is 0 Å². The lowest BCUT2D eigenvalue weighted by Crippen LogP contribution is -2.54. The molecule has 2 aliphatic rings. The van der Waals surface area contributed by atoms with Crippen LogP contribution in [0.3, 0.4) is 0 Å². The van der Waals surface area contributed by atoms with E-state index in [1.54, 1.807) is 6.07 Å².